The van der Waals surface area contributed by atoms with E-state index in [2.05, 4.69) is 39.1 Å². The minimum absolute atomic E-state index is 0.242. The maximum absolute atomic E-state index is 11.8. The average molecular weight is 368 g/mol. The fourth-order valence-electron chi connectivity index (χ4n) is 3.04. The summed E-state index contributed by atoms with van der Waals surface area (Å²) in [6, 6.07) is 10.5. The van der Waals surface area contributed by atoms with Crippen molar-refractivity contribution in [3.05, 3.63) is 42.7 Å². The Bertz CT molecular complexity index is 868. The number of ether oxygens (including phenoxy) is 1. The molecule has 7 heteroatoms. The van der Waals surface area contributed by atoms with Crippen LogP contribution in [0.15, 0.2) is 42.7 Å². The third-order valence-corrected chi connectivity index (χ3v) is 5.60. The molecule has 0 saturated carbocycles. The number of anilines is 1. The summed E-state index contributed by atoms with van der Waals surface area (Å²) in [7, 11) is 0. The van der Waals surface area contributed by atoms with E-state index in [1.54, 1.807) is 16.2 Å². The molecule has 0 aliphatic carbocycles. The van der Waals surface area contributed by atoms with E-state index in [4.69, 9.17) is 4.74 Å². The Morgan fingerprint density at radius 1 is 1.15 bits per heavy atom. The molecule has 3 heterocycles. The van der Waals surface area contributed by atoms with Gasteiger partial charge in [0, 0.05) is 53.7 Å². The number of hydrogen-bond donors (Lipinski definition) is 0. The number of piperazine rings is 1. The van der Waals surface area contributed by atoms with Gasteiger partial charge in [-0.15, -0.1) is 11.3 Å². The predicted molar refractivity (Wildman–Crippen MR) is 104 cm³/mol. The van der Waals surface area contributed by atoms with Crippen LogP contribution < -0.4 is 4.90 Å². The van der Waals surface area contributed by atoms with E-state index >= 15 is 0 Å². The number of benzene rings is 1. The van der Waals surface area contributed by atoms with Gasteiger partial charge in [0.25, 0.3) is 0 Å². The topological polar surface area (TPSA) is 58.6 Å². The summed E-state index contributed by atoms with van der Waals surface area (Å²) >= 11 is 1.75. The van der Waals surface area contributed by atoms with Gasteiger partial charge in [-0.25, -0.2) is 14.8 Å². The lowest BCUT2D eigenvalue weighted by atomic mass is 10.2. The number of carbonyl (C=O) groups is 1. The van der Waals surface area contributed by atoms with E-state index in [-0.39, 0.29) is 6.09 Å². The third kappa shape index (κ3) is 3.35. The van der Waals surface area contributed by atoms with Gasteiger partial charge in [-0.05, 0) is 24.4 Å². The van der Waals surface area contributed by atoms with Crippen LogP contribution in [0.4, 0.5) is 10.7 Å². The lowest BCUT2D eigenvalue weighted by Crippen LogP contribution is -2.49. The molecule has 0 N–H and O–H groups in total. The van der Waals surface area contributed by atoms with Crippen LogP contribution in [0.1, 0.15) is 6.92 Å². The maximum atomic E-state index is 11.8. The highest BCUT2D eigenvalue weighted by atomic mass is 32.1. The van der Waals surface area contributed by atoms with Crippen molar-refractivity contribution in [3.63, 3.8) is 0 Å². The normalized spacial score (nSPS) is 14.7. The first-order valence-corrected chi connectivity index (χ1v) is 9.54. The predicted octanol–water partition coefficient (Wildman–Crippen LogP) is 3.64. The maximum Gasteiger partial charge on any atom is 0.409 e. The zero-order chi connectivity index (χ0) is 17.9. The molecule has 0 bridgehead atoms. The molecule has 3 aromatic rings. The van der Waals surface area contributed by atoms with Crippen LogP contribution >= 0.6 is 11.3 Å². The summed E-state index contributed by atoms with van der Waals surface area (Å²) in [5.41, 5.74) is 1.03. The number of fused-ring (bicyclic) bond motifs is 1. The van der Waals surface area contributed by atoms with Gasteiger partial charge in [-0.2, -0.15) is 0 Å². The quantitative estimate of drug-likeness (QED) is 0.706. The van der Waals surface area contributed by atoms with E-state index in [0.717, 1.165) is 5.56 Å². The molecule has 1 saturated heterocycles. The standard InChI is InChI=1S/C19H20N4O2S/c1-2-25-19(24)23-9-7-22(8-10-23)18-20-12-15(13-21-18)17-11-14-5-3-4-6-16(14)26-17/h3-6,11-13H,2,7-10H2,1H3. The second-order valence-corrected chi connectivity index (χ2v) is 7.18. The Balaban J connectivity index is 1.44. The van der Waals surface area contributed by atoms with Crippen molar-refractivity contribution < 1.29 is 9.53 Å². The molecule has 1 aromatic carbocycles. The highest BCUT2D eigenvalue weighted by Crippen LogP contribution is 2.32. The first-order valence-electron chi connectivity index (χ1n) is 8.72. The van der Waals surface area contributed by atoms with E-state index in [0.29, 0.717) is 38.7 Å². The van der Waals surface area contributed by atoms with Gasteiger partial charge >= 0.3 is 6.09 Å². The van der Waals surface area contributed by atoms with Gasteiger partial charge in [0.2, 0.25) is 5.95 Å². The summed E-state index contributed by atoms with van der Waals surface area (Å²) in [5, 5.41) is 1.24. The fourth-order valence-corrected chi connectivity index (χ4v) is 4.08. The van der Waals surface area contributed by atoms with E-state index < -0.39 is 0 Å². The average Bonchev–Trinajstić information content (AvgIpc) is 3.13. The molecule has 0 atom stereocenters. The van der Waals surface area contributed by atoms with Crippen LogP contribution in [0, 0.1) is 0 Å². The summed E-state index contributed by atoms with van der Waals surface area (Å²) < 4.78 is 6.32. The number of rotatable bonds is 3. The summed E-state index contributed by atoms with van der Waals surface area (Å²) in [5.74, 6) is 0.707. The molecule has 4 rings (SSSR count). The largest absolute Gasteiger partial charge is 0.450 e. The van der Waals surface area contributed by atoms with Crippen LogP contribution in [-0.2, 0) is 4.74 Å². The Morgan fingerprint density at radius 2 is 1.88 bits per heavy atom. The summed E-state index contributed by atoms with van der Waals surface area (Å²) in [6.45, 7) is 4.89. The number of thiophene rings is 1. The smallest absolute Gasteiger partial charge is 0.409 e. The fraction of sp³-hybridized carbons (Fsp3) is 0.316. The number of aromatic nitrogens is 2. The van der Waals surface area contributed by atoms with Gasteiger partial charge in [-0.1, -0.05) is 18.2 Å². The van der Waals surface area contributed by atoms with Crippen LogP contribution in [0.5, 0.6) is 0 Å². The highest BCUT2D eigenvalue weighted by Gasteiger charge is 2.23. The molecule has 134 valence electrons. The Morgan fingerprint density at radius 3 is 2.58 bits per heavy atom. The van der Waals surface area contributed by atoms with Gasteiger partial charge in [0.1, 0.15) is 0 Å². The number of carbonyl (C=O) groups excluding carboxylic acids is 1. The van der Waals surface area contributed by atoms with Crippen molar-refractivity contribution >= 4 is 33.5 Å². The molecule has 0 unspecified atom stereocenters. The van der Waals surface area contributed by atoms with Crippen molar-refractivity contribution in [2.45, 2.75) is 6.92 Å². The lowest BCUT2D eigenvalue weighted by molar-refractivity contribution is 0.105. The van der Waals surface area contributed by atoms with Gasteiger partial charge in [0.05, 0.1) is 6.61 Å². The van der Waals surface area contributed by atoms with Crippen LogP contribution in [0.2, 0.25) is 0 Å². The summed E-state index contributed by atoms with van der Waals surface area (Å²) in [4.78, 5) is 25.9. The molecule has 1 amide bonds. The van der Waals surface area contributed by atoms with Crippen LogP contribution in [0.25, 0.3) is 20.5 Å². The monoisotopic (exact) mass is 368 g/mol. The van der Waals surface area contributed by atoms with E-state index in [1.807, 2.05) is 25.4 Å². The van der Waals surface area contributed by atoms with Crippen LogP contribution in [0.3, 0.4) is 0 Å². The molecular weight excluding hydrogens is 348 g/mol. The molecule has 1 aliphatic rings. The van der Waals surface area contributed by atoms with Crippen LogP contribution in [-0.4, -0.2) is 53.7 Å². The summed E-state index contributed by atoms with van der Waals surface area (Å²) in [6.07, 6.45) is 3.52. The van der Waals surface area contributed by atoms with Crippen molar-refractivity contribution in [1.82, 2.24) is 14.9 Å². The number of hydrogen-bond acceptors (Lipinski definition) is 6. The molecule has 0 radical (unpaired) electrons. The third-order valence-electron chi connectivity index (χ3n) is 4.44. The molecule has 0 spiro atoms. The van der Waals surface area contributed by atoms with E-state index in [9.17, 15) is 4.79 Å². The lowest BCUT2D eigenvalue weighted by Gasteiger charge is -2.33. The molecule has 1 fully saturated rings. The van der Waals surface area contributed by atoms with Crippen molar-refractivity contribution in [2.75, 3.05) is 37.7 Å². The molecule has 2 aromatic heterocycles. The van der Waals surface area contributed by atoms with Gasteiger partial charge < -0.3 is 14.5 Å². The Hall–Kier alpha value is -2.67. The van der Waals surface area contributed by atoms with Gasteiger partial charge in [-0.3, -0.25) is 0 Å². The Kier molecular flexibility index (Phi) is 4.71. The molecule has 6 nitrogen and oxygen atoms in total. The van der Waals surface area contributed by atoms with Crippen molar-refractivity contribution in [3.8, 4) is 10.4 Å². The molecule has 1 aliphatic heterocycles. The first kappa shape index (κ1) is 16.8. The molecular formula is C19H20N4O2S. The first-order chi connectivity index (χ1) is 12.7. The van der Waals surface area contributed by atoms with E-state index in [1.165, 1.54) is 15.0 Å². The number of amides is 1. The molecule has 26 heavy (non-hydrogen) atoms. The van der Waals surface area contributed by atoms with Crippen molar-refractivity contribution in [2.24, 2.45) is 0 Å². The highest BCUT2D eigenvalue weighted by molar-refractivity contribution is 7.22. The van der Waals surface area contributed by atoms with Gasteiger partial charge in [0.15, 0.2) is 0 Å². The minimum atomic E-state index is -0.242. The SMILES string of the molecule is CCOC(=O)N1CCN(c2ncc(-c3cc4ccccc4s3)cn2)CC1. The second-order valence-electron chi connectivity index (χ2n) is 6.09. The zero-order valence-electron chi connectivity index (χ0n) is 14.6. The Labute approximate surface area is 156 Å². The second kappa shape index (κ2) is 7.29. The van der Waals surface area contributed by atoms with Crippen molar-refractivity contribution in [1.29, 1.82) is 0 Å². The number of nitrogens with zero attached hydrogens (tertiary/aromatic N) is 4. The minimum Gasteiger partial charge on any atom is -0.450 e. The zero-order valence-corrected chi connectivity index (χ0v) is 15.4.